The Bertz CT molecular complexity index is 519. The number of hydrogen-bond donors (Lipinski definition) is 1. The Morgan fingerprint density at radius 1 is 1.17 bits per heavy atom. The molecule has 92 valence electrons. The number of anilines is 1. The quantitative estimate of drug-likeness (QED) is 0.896. The fourth-order valence-electron chi connectivity index (χ4n) is 2.02. The van der Waals surface area contributed by atoms with Crippen LogP contribution in [-0.4, -0.2) is 19.0 Å². The molecule has 2 heterocycles. The van der Waals surface area contributed by atoms with Gasteiger partial charge in [0.1, 0.15) is 5.76 Å². The summed E-state index contributed by atoms with van der Waals surface area (Å²) >= 11 is 0. The summed E-state index contributed by atoms with van der Waals surface area (Å²) in [7, 11) is 0. The third-order valence-electron chi connectivity index (χ3n) is 2.87. The van der Waals surface area contributed by atoms with Gasteiger partial charge in [-0.25, -0.2) is 0 Å². The molecule has 0 amide bonds. The molecule has 0 atom stereocenters. The maximum absolute atomic E-state index is 5.42. The van der Waals surface area contributed by atoms with Crippen LogP contribution in [0.2, 0.25) is 0 Å². The zero-order valence-electron chi connectivity index (χ0n) is 10.0. The second-order valence-electron chi connectivity index (χ2n) is 4.13. The van der Waals surface area contributed by atoms with Crippen LogP contribution in [0.15, 0.2) is 58.1 Å². The second kappa shape index (κ2) is 4.96. The normalized spacial score (nSPS) is 14.1. The Balaban J connectivity index is 1.88. The molecular weight excluding hydrogens is 226 g/mol. The lowest BCUT2D eigenvalue weighted by Crippen LogP contribution is -2.38. The Kier molecular flexibility index (Phi) is 3.00. The third-order valence-corrected chi connectivity index (χ3v) is 2.87. The smallest absolute Gasteiger partial charge is 0.199 e. The van der Waals surface area contributed by atoms with Gasteiger partial charge in [-0.3, -0.25) is 4.99 Å². The highest BCUT2D eigenvalue weighted by Crippen LogP contribution is 2.18. The molecule has 4 nitrogen and oxygen atoms in total. The first-order valence-electron chi connectivity index (χ1n) is 6.07. The molecule has 4 heteroatoms. The number of guanidine groups is 1. The molecule has 2 aromatic rings. The van der Waals surface area contributed by atoms with E-state index in [1.54, 1.807) is 6.26 Å². The van der Waals surface area contributed by atoms with Crippen LogP contribution in [0.5, 0.6) is 0 Å². The maximum Gasteiger partial charge on any atom is 0.199 e. The predicted octanol–water partition coefficient (Wildman–Crippen LogP) is 2.25. The minimum Gasteiger partial charge on any atom is -0.467 e. The molecule has 0 saturated carbocycles. The first-order chi connectivity index (χ1) is 8.93. The summed E-state index contributed by atoms with van der Waals surface area (Å²) in [5.74, 6) is 1.84. The van der Waals surface area contributed by atoms with Crippen LogP contribution >= 0.6 is 0 Å². The van der Waals surface area contributed by atoms with Crippen molar-refractivity contribution >= 4 is 11.6 Å². The van der Waals surface area contributed by atoms with E-state index >= 15 is 0 Å². The summed E-state index contributed by atoms with van der Waals surface area (Å²) in [6.45, 7) is 2.41. The molecule has 0 bridgehead atoms. The van der Waals surface area contributed by atoms with Crippen molar-refractivity contribution < 1.29 is 4.42 Å². The van der Waals surface area contributed by atoms with E-state index in [0.717, 1.165) is 30.5 Å². The van der Waals surface area contributed by atoms with Crippen LogP contribution in [0.1, 0.15) is 5.76 Å². The molecule has 0 saturated heterocycles. The van der Waals surface area contributed by atoms with E-state index in [0.29, 0.717) is 6.54 Å². The minimum atomic E-state index is 0.683. The van der Waals surface area contributed by atoms with Crippen LogP contribution in [-0.2, 0) is 6.54 Å². The standard InChI is InChI=1S/C14H15N3O/c1-2-5-12(6-3-1)17(14-15-8-9-16-14)11-13-7-4-10-18-13/h1-7,10H,8-9,11H2,(H,15,16). The minimum absolute atomic E-state index is 0.683. The highest BCUT2D eigenvalue weighted by molar-refractivity contribution is 5.96. The van der Waals surface area contributed by atoms with E-state index in [1.807, 2.05) is 30.3 Å². The first-order valence-corrected chi connectivity index (χ1v) is 6.07. The summed E-state index contributed by atoms with van der Waals surface area (Å²) in [6, 6.07) is 14.1. The number of aliphatic imine (C=N–C) groups is 1. The molecule has 0 fully saturated rings. The Hall–Kier alpha value is -2.23. The summed E-state index contributed by atoms with van der Waals surface area (Å²) in [6.07, 6.45) is 1.70. The zero-order valence-corrected chi connectivity index (χ0v) is 10.0. The van der Waals surface area contributed by atoms with Gasteiger partial charge < -0.3 is 14.6 Å². The van der Waals surface area contributed by atoms with E-state index < -0.39 is 0 Å². The topological polar surface area (TPSA) is 40.8 Å². The van der Waals surface area contributed by atoms with Crippen LogP contribution in [0, 0.1) is 0 Å². The van der Waals surface area contributed by atoms with Crippen molar-refractivity contribution in [3.05, 3.63) is 54.5 Å². The van der Waals surface area contributed by atoms with E-state index in [1.165, 1.54) is 0 Å². The van der Waals surface area contributed by atoms with Gasteiger partial charge in [-0.05, 0) is 24.3 Å². The maximum atomic E-state index is 5.42. The van der Waals surface area contributed by atoms with Crippen molar-refractivity contribution in [1.82, 2.24) is 5.32 Å². The van der Waals surface area contributed by atoms with E-state index in [2.05, 4.69) is 27.3 Å². The molecule has 1 aliphatic rings. The Morgan fingerprint density at radius 3 is 2.72 bits per heavy atom. The van der Waals surface area contributed by atoms with Gasteiger partial charge in [0.05, 0.1) is 19.4 Å². The molecule has 0 aliphatic carbocycles. The zero-order chi connectivity index (χ0) is 12.2. The van der Waals surface area contributed by atoms with E-state index in [4.69, 9.17) is 4.42 Å². The van der Waals surface area contributed by atoms with Crippen molar-refractivity contribution in [2.24, 2.45) is 4.99 Å². The SMILES string of the molecule is c1ccc(N(Cc2ccco2)C2=NCCN2)cc1. The third kappa shape index (κ3) is 2.22. The van der Waals surface area contributed by atoms with E-state index in [9.17, 15) is 0 Å². The van der Waals surface area contributed by atoms with Crippen molar-refractivity contribution in [3.8, 4) is 0 Å². The van der Waals surface area contributed by atoms with Gasteiger partial charge in [-0.2, -0.15) is 0 Å². The number of nitrogens with zero attached hydrogens (tertiary/aromatic N) is 2. The molecule has 0 spiro atoms. The van der Waals surface area contributed by atoms with Gasteiger partial charge in [0.15, 0.2) is 5.96 Å². The average Bonchev–Trinajstić information content (AvgIpc) is 3.10. The largest absolute Gasteiger partial charge is 0.467 e. The number of furan rings is 1. The molecule has 1 aromatic carbocycles. The number of rotatable bonds is 3. The van der Waals surface area contributed by atoms with Crippen LogP contribution in [0.4, 0.5) is 5.69 Å². The van der Waals surface area contributed by atoms with Gasteiger partial charge in [0, 0.05) is 12.2 Å². The van der Waals surface area contributed by atoms with Gasteiger partial charge in [-0.1, -0.05) is 18.2 Å². The fraction of sp³-hybridized carbons (Fsp3) is 0.214. The number of para-hydroxylation sites is 1. The highest BCUT2D eigenvalue weighted by atomic mass is 16.3. The van der Waals surface area contributed by atoms with Gasteiger partial charge in [0.2, 0.25) is 0 Å². The summed E-state index contributed by atoms with van der Waals surface area (Å²) in [5.41, 5.74) is 1.11. The Labute approximate surface area is 106 Å². The molecule has 0 radical (unpaired) electrons. The monoisotopic (exact) mass is 241 g/mol. The van der Waals surface area contributed by atoms with Crippen LogP contribution in [0.3, 0.4) is 0 Å². The Morgan fingerprint density at radius 2 is 2.06 bits per heavy atom. The lowest BCUT2D eigenvalue weighted by molar-refractivity contribution is 0.511. The second-order valence-corrected chi connectivity index (χ2v) is 4.13. The van der Waals surface area contributed by atoms with Crippen LogP contribution < -0.4 is 10.2 Å². The molecule has 1 aromatic heterocycles. The average molecular weight is 241 g/mol. The number of benzene rings is 1. The molecule has 1 aliphatic heterocycles. The number of hydrogen-bond acceptors (Lipinski definition) is 4. The van der Waals surface area contributed by atoms with Crippen molar-refractivity contribution in [2.45, 2.75) is 6.54 Å². The van der Waals surface area contributed by atoms with Crippen LogP contribution in [0.25, 0.3) is 0 Å². The van der Waals surface area contributed by atoms with Gasteiger partial charge in [-0.15, -0.1) is 0 Å². The molecule has 1 N–H and O–H groups in total. The van der Waals surface area contributed by atoms with Gasteiger partial charge >= 0.3 is 0 Å². The molecule has 0 unspecified atom stereocenters. The molecular formula is C14H15N3O. The van der Waals surface area contributed by atoms with E-state index in [-0.39, 0.29) is 0 Å². The first kappa shape index (κ1) is 10.9. The predicted molar refractivity (Wildman–Crippen MR) is 71.6 cm³/mol. The fourth-order valence-corrected chi connectivity index (χ4v) is 2.02. The highest BCUT2D eigenvalue weighted by Gasteiger charge is 2.17. The number of nitrogens with one attached hydrogen (secondary N) is 1. The summed E-state index contributed by atoms with van der Waals surface area (Å²) < 4.78 is 5.42. The lowest BCUT2D eigenvalue weighted by atomic mass is 10.3. The summed E-state index contributed by atoms with van der Waals surface area (Å²) in [5, 5.41) is 3.30. The molecule has 18 heavy (non-hydrogen) atoms. The molecule has 3 rings (SSSR count). The lowest BCUT2D eigenvalue weighted by Gasteiger charge is -2.23. The van der Waals surface area contributed by atoms with Gasteiger partial charge in [0.25, 0.3) is 0 Å². The van der Waals surface area contributed by atoms with Crippen molar-refractivity contribution in [1.29, 1.82) is 0 Å². The van der Waals surface area contributed by atoms with Crippen molar-refractivity contribution in [3.63, 3.8) is 0 Å². The van der Waals surface area contributed by atoms with Crippen molar-refractivity contribution in [2.75, 3.05) is 18.0 Å². The summed E-state index contributed by atoms with van der Waals surface area (Å²) in [4.78, 5) is 6.61.